The van der Waals surface area contributed by atoms with Crippen LogP contribution in [-0.2, 0) is 19.0 Å². The Labute approximate surface area is 175 Å². The van der Waals surface area contributed by atoms with Gasteiger partial charge in [-0.3, -0.25) is 4.79 Å². The molecule has 0 unspecified atom stereocenters. The number of ether oxygens (including phenoxy) is 3. The molecule has 1 heterocycles. The molecule has 2 rings (SSSR count). The van der Waals surface area contributed by atoms with Crippen LogP contribution in [0.1, 0.15) is 49.8 Å². The lowest BCUT2D eigenvalue weighted by Gasteiger charge is -2.08. The Morgan fingerprint density at radius 1 is 0.933 bits per heavy atom. The van der Waals surface area contributed by atoms with Crippen molar-refractivity contribution in [3.05, 3.63) is 51.7 Å². The third-order valence-electron chi connectivity index (χ3n) is 3.75. The number of hydrogen-bond donors (Lipinski definition) is 1. The Morgan fingerprint density at radius 2 is 1.53 bits per heavy atom. The molecule has 160 valence electrons. The van der Waals surface area contributed by atoms with Crippen LogP contribution in [0.5, 0.6) is 0 Å². The van der Waals surface area contributed by atoms with E-state index in [9.17, 15) is 23.6 Å². The van der Waals surface area contributed by atoms with Gasteiger partial charge in [0.05, 0.1) is 24.3 Å². The van der Waals surface area contributed by atoms with Crippen molar-refractivity contribution >= 4 is 40.2 Å². The van der Waals surface area contributed by atoms with Gasteiger partial charge in [0.25, 0.3) is 5.91 Å². The first-order valence-electron chi connectivity index (χ1n) is 8.98. The van der Waals surface area contributed by atoms with Gasteiger partial charge in [0, 0.05) is 0 Å². The number of amides is 1. The molecule has 30 heavy (non-hydrogen) atoms. The van der Waals surface area contributed by atoms with Gasteiger partial charge in [-0.25, -0.2) is 18.8 Å². The number of esters is 3. The minimum Gasteiger partial charge on any atom is -0.462 e. The number of nitrogens with one attached hydrogen (secondary N) is 1. The monoisotopic (exact) mass is 437 g/mol. The molecule has 0 atom stereocenters. The highest BCUT2D eigenvalue weighted by molar-refractivity contribution is 7.18. The number of carbonyl (C=O) groups is 4. The van der Waals surface area contributed by atoms with E-state index in [0.717, 1.165) is 23.5 Å². The predicted molar refractivity (Wildman–Crippen MR) is 106 cm³/mol. The summed E-state index contributed by atoms with van der Waals surface area (Å²) >= 11 is 0.859. The first-order chi connectivity index (χ1) is 14.3. The van der Waals surface area contributed by atoms with Gasteiger partial charge in [0.1, 0.15) is 15.7 Å². The van der Waals surface area contributed by atoms with Crippen molar-refractivity contribution in [1.29, 1.82) is 0 Å². The third kappa shape index (κ3) is 5.63. The maximum Gasteiger partial charge on any atom is 0.348 e. The van der Waals surface area contributed by atoms with E-state index in [1.165, 1.54) is 12.1 Å². The summed E-state index contributed by atoms with van der Waals surface area (Å²) in [5, 5.41) is 2.54. The van der Waals surface area contributed by atoms with Crippen LogP contribution in [0.4, 0.5) is 9.39 Å². The zero-order chi connectivity index (χ0) is 22.3. The Bertz CT molecular complexity index is 953. The molecule has 8 nitrogen and oxygen atoms in total. The largest absolute Gasteiger partial charge is 0.462 e. The fraction of sp³-hybridized carbons (Fsp3) is 0.300. The number of thiophene rings is 1. The number of anilines is 1. The molecule has 0 fully saturated rings. The topological polar surface area (TPSA) is 108 Å². The lowest BCUT2D eigenvalue weighted by atomic mass is 10.1. The van der Waals surface area contributed by atoms with Crippen molar-refractivity contribution in [3.8, 4) is 0 Å². The first-order valence-corrected chi connectivity index (χ1v) is 9.80. The van der Waals surface area contributed by atoms with E-state index >= 15 is 0 Å². The molecule has 0 saturated carbocycles. The molecule has 0 saturated heterocycles. The number of halogens is 1. The SMILES string of the molecule is CCOC(=O)c1sc(NC(=O)COC(=O)c2ccc(F)cc2)c(C(=O)OCC)c1C. The smallest absolute Gasteiger partial charge is 0.348 e. The van der Waals surface area contributed by atoms with Crippen molar-refractivity contribution in [1.82, 2.24) is 0 Å². The Morgan fingerprint density at radius 3 is 2.13 bits per heavy atom. The zero-order valence-corrected chi connectivity index (χ0v) is 17.4. The molecule has 0 aliphatic carbocycles. The average Bonchev–Trinajstić information content (AvgIpc) is 3.03. The quantitative estimate of drug-likeness (QED) is 0.498. The standard InChI is InChI=1S/C20H20FNO7S/c1-4-27-19(25)15-11(3)16(20(26)28-5-2)30-17(15)22-14(23)10-29-18(24)12-6-8-13(21)9-7-12/h6-9H,4-5,10H2,1-3H3,(H,22,23). The Balaban J connectivity index is 2.14. The van der Waals surface area contributed by atoms with E-state index in [-0.39, 0.29) is 34.2 Å². The maximum atomic E-state index is 12.9. The van der Waals surface area contributed by atoms with Crippen molar-refractivity contribution in [2.45, 2.75) is 20.8 Å². The second-order valence-corrected chi connectivity index (χ2v) is 6.85. The third-order valence-corrected chi connectivity index (χ3v) is 4.94. The van der Waals surface area contributed by atoms with Crippen LogP contribution in [0.2, 0.25) is 0 Å². The lowest BCUT2D eigenvalue weighted by molar-refractivity contribution is -0.119. The van der Waals surface area contributed by atoms with Gasteiger partial charge in [-0.05, 0) is 50.6 Å². The summed E-state index contributed by atoms with van der Waals surface area (Å²) in [6.45, 7) is 4.41. The van der Waals surface area contributed by atoms with Crippen LogP contribution < -0.4 is 5.32 Å². The minimum absolute atomic E-state index is 0.0307. The number of hydrogen-bond acceptors (Lipinski definition) is 8. The predicted octanol–water partition coefficient (Wildman–Crippen LogP) is 3.34. The molecule has 0 aliphatic heterocycles. The molecule has 1 aromatic heterocycles. The van der Waals surface area contributed by atoms with Gasteiger partial charge in [-0.15, -0.1) is 11.3 Å². The normalized spacial score (nSPS) is 10.3. The molecular weight excluding hydrogens is 417 g/mol. The highest BCUT2D eigenvalue weighted by Crippen LogP contribution is 2.34. The average molecular weight is 437 g/mol. The molecule has 1 amide bonds. The molecule has 0 radical (unpaired) electrons. The molecular formula is C20H20FNO7S. The fourth-order valence-corrected chi connectivity index (χ4v) is 3.51. The van der Waals surface area contributed by atoms with Crippen LogP contribution in [0.15, 0.2) is 24.3 Å². The van der Waals surface area contributed by atoms with E-state index < -0.39 is 36.2 Å². The van der Waals surface area contributed by atoms with E-state index in [1.54, 1.807) is 20.8 Å². The van der Waals surface area contributed by atoms with E-state index in [4.69, 9.17) is 14.2 Å². The summed E-state index contributed by atoms with van der Waals surface area (Å²) in [5.41, 5.74) is 0.423. The highest BCUT2D eigenvalue weighted by Gasteiger charge is 2.27. The summed E-state index contributed by atoms with van der Waals surface area (Å²) in [6.07, 6.45) is 0. The minimum atomic E-state index is -0.815. The number of benzene rings is 1. The van der Waals surface area contributed by atoms with Gasteiger partial charge in [0.15, 0.2) is 6.61 Å². The summed E-state index contributed by atoms with van der Waals surface area (Å²) < 4.78 is 27.8. The van der Waals surface area contributed by atoms with E-state index in [0.29, 0.717) is 5.56 Å². The summed E-state index contributed by atoms with van der Waals surface area (Å²) in [7, 11) is 0. The fourth-order valence-electron chi connectivity index (χ4n) is 2.41. The summed E-state index contributed by atoms with van der Waals surface area (Å²) in [5.74, 6) is -3.39. The number of rotatable bonds is 8. The van der Waals surface area contributed by atoms with Gasteiger partial charge >= 0.3 is 17.9 Å². The van der Waals surface area contributed by atoms with Crippen LogP contribution in [-0.4, -0.2) is 43.6 Å². The van der Waals surface area contributed by atoms with Crippen LogP contribution >= 0.6 is 11.3 Å². The maximum absolute atomic E-state index is 12.9. The van der Waals surface area contributed by atoms with Crippen LogP contribution in [0.3, 0.4) is 0 Å². The number of carbonyl (C=O) groups excluding carboxylic acids is 4. The van der Waals surface area contributed by atoms with Crippen LogP contribution in [0, 0.1) is 12.7 Å². The van der Waals surface area contributed by atoms with Gasteiger partial charge in [-0.1, -0.05) is 0 Å². The van der Waals surface area contributed by atoms with Gasteiger partial charge in [-0.2, -0.15) is 0 Å². The first kappa shape index (κ1) is 23.0. The lowest BCUT2D eigenvalue weighted by Crippen LogP contribution is -2.21. The zero-order valence-electron chi connectivity index (χ0n) is 16.6. The van der Waals surface area contributed by atoms with Crippen LogP contribution in [0.25, 0.3) is 0 Å². The molecule has 2 aromatic rings. The Kier molecular flexibility index (Phi) is 8.05. The van der Waals surface area contributed by atoms with Crippen molar-refractivity contribution < 1.29 is 37.8 Å². The van der Waals surface area contributed by atoms with Crippen molar-refractivity contribution in [2.24, 2.45) is 0 Å². The van der Waals surface area contributed by atoms with E-state index in [2.05, 4.69) is 5.32 Å². The summed E-state index contributed by atoms with van der Waals surface area (Å²) in [4.78, 5) is 48.8. The molecule has 1 N–H and O–H groups in total. The summed E-state index contributed by atoms with van der Waals surface area (Å²) in [6, 6.07) is 4.63. The molecule has 0 spiro atoms. The van der Waals surface area contributed by atoms with E-state index in [1.807, 2.05) is 0 Å². The second kappa shape index (κ2) is 10.5. The Hall–Kier alpha value is -3.27. The molecule has 0 aliphatic rings. The second-order valence-electron chi connectivity index (χ2n) is 5.83. The van der Waals surface area contributed by atoms with Crippen molar-refractivity contribution in [2.75, 3.05) is 25.1 Å². The highest BCUT2D eigenvalue weighted by atomic mass is 32.1. The van der Waals surface area contributed by atoms with Gasteiger partial charge in [0.2, 0.25) is 0 Å². The molecule has 1 aromatic carbocycles. The van der Waals surface area contributed by atoms with Crippen molar-refractivity contribution in [3.63, 3.8) is 0 Å². The molecule has 10 heteroatoms. The molecule has 0 bridgehead atoms. The van der Waals surface area contributed by atoms with Gasteiger partial charge < -0.3 is 19.5 Å².